The van der Waals surface area contributed by atoms with Gasteiger partial charge in [0.1, 0.15) is 0 Å². The normalized spacial score (nSPS) is 34.7. The molecule has 0 aromatic rings. The predicted octanol–water partition coefficient (Wildman–Crippen LogP) is 7.55. The van der Waals surface area contributed by atoms with Crippen LogP contribution >= 0.6 is 0 Å². The first-order valence-corrected chi connectivity index (χ1v) is 23.1. The molecule has 0 radical (unpaired) electrons. The van der Waals surface area contributed by atoms with Crippen LogP contribution in [-0.4, -0.2) is 85.5 Å². The van der Waals surface area contributed by atoms with E-state index in [0.717, 1.165) is 83.5 Å². The van der Waals surface area contributed by atoms with Gasteiger partial charge in [0.25, 0.3) is 0 Å². The van der Waals surface area contributed by atoms with Gasteiger partial charge in [0.2, 0.25) is 5.91 Å². The maximum absolute atomic E-state index is 13.5. The van der Waals surface area contributed by atoms with E-state index >= 15 is 0 Å². The summed E-state index contributed by atoms with van der Waals surface area (Å²) in [6.07, 6.45) is 23.8. The van der Waals surface area contributed by atoms with Crippen molar-refractivity contribution in [2.75, 3.05) is 33.0 Å². The lowest BCUT2D eigenvalue weighted by molar-refractivity contribution is -0.310. The van der Waals surface area contributed by atoms with Crippen molar-refractivity contribution >= 4 is 17.8 Å². The van der Waals surface area contributed by atoms with Gasteiger partial charge in [-0.3, -0.25) is 19.6 Å². The smallest absolute Gasteiger partial charge is 0.308 e. The first-order valence-electron chi connectivity index (χ1n) is 23.1. The number of carboxylic acid groups (broad SMARTS) is 1. The Balaban J connectivity index is 0.840. The molecule has 6 rings (SSSR count). The molecule has 6 unspecified atom stereocenters. The van der Waals surface area contributed by atoms with Gasteiger partial charge < -0.3 is 24.7 Å². The summed E-state index contributed by atoms with van der Waals surface area (Å²) in [6, 6.07) is 0.271. The molecule has 57 heavy (non-hydrogen) atoms. The number of nitrogens with one attached hydrogen (secondary N) is 2. The molecule has 0 aliphatic heterocycles. The van der Waals surface area contributed by atoms with Crippen molar-refractivity contribution < 1.29 is 53.7 Å². The number of amides is 1. The fourth-order valence-corrected chi connectivity index (χ4v) is 10.9. The third-order valence-corrected chi connectivity index (χ3v) is 14.6. The molecule has 0 saturated heterocycles. The number of carbonyl (C=O) groups excluding carboxylic acids is 2. The van der Waals surface area contributed by atoms with Crippen LogP contribution in [0, 0.1) is 47.3 Å². The predicted molar refractivity (Wildman–Crippen MR) is 211 cm³/mol. The minimum absolute atomic E-state index is 0.0366. The van der Waals surface area contributed by atoms with Gasteiger partial charge in [-0.15, -0.1) is 0 Å². The van der Waals surface area contributed by atoms with E-state index in [-0.39, 0.29) is 66.4 Å². The Morgan fingerprint density at radius 1 is 0.544 bits per heavy atom. The maximum Gasteiger partial charge on any atom is 0.308 e. The second-order valence-electron chi connectivity index (χ2n) is 18.8. The summed E-state index contributed by atoms with van der Waals surface area (Å²) >= 11 is 0. The zero-order chi connectivity index (χ0) is 39.8. The molecule has 0 heterocycles. The zero-order valence-electron chi connectivity index (χ0n) is 34.5. The molecule has 6 saturated carbocycles. The van der Waals surface area contributed by atoms with E-state index in [1.54, 1.807) is 0 Å². The Morgan fingerprint density at radius 3 is 1.79 bits per heavy atom. The van der Waals surface area contributed by atoms with Crippen molar-refractivity contribution in [3.63, 3.8) is 0 Å². The first-order chi connectivity index (χ1) is 27.8. The summed E-state index contributed by atoms with van der Waals surface area (Å²) in [6.45, 7) is 2.25. The van der Waals surface area contributed by atoms with Crippen LogP contribution in [0.25, 0.3) is 0 Å². The zero-order valence-corrected chi connectivity index (χ0v) is 34.5. The fourth-order valence-electron chi connectivity index (χ4n) is 10.9. The molecule has 326 valence electrons. The molecule has 6 atom stereocenters. The van der Waals surface area contributed by atoms with Crippen LogP contribution in [-0.2, 0) is 43.4 Å². The standard InChI is InChI=1S/C44H74N2O11/c47-42(41-23-32(11-22-40(41)43(48)49)27-56-55-26-31-9-5-2-6-10-31)45-36-14-18-38(19-15-36)57-39-20-16-37(17-21-39)46-53-28-35-24-33(12-13-34(35)29-54-51)44(50)52-25-30-7-3-1-4-8-30/h30-41,46,51H,1-29H2,(H,45,47)(H,48,49). The lowest BCUT2D eigenvalue weighted by Gasteiger charge is -2.37. The molecule has 4 N–H and O–H groups in total. The van der Waals surface area contributed by atoms with E-state index in [1.807, 2.05) is 0 Å². The SMILES string of the molecule is O=C(OCC1CCCCC1)C1CCC(COO)C(CONC2CCC(OC3CCC(NC(=O)C4CC(COOCC5CCCCC5)CCC4C(=O)O)CC3)CC2)C1. The number of rotatable bonds is 19. The molecule has 0 bridgehead atoms. The second kappa shape index (κ2) is 23.8. The number of aliphatic carboxylic acids is 1. The van der Waals surface area contributed by atoms with Gasteiger partial charge >= 0.3 is 11.9 Å². The van der Waals surface area contributed by atoms with Gasteiger partial charge in [0, 0.05) is 12.1 Å². The first kappa shape index (κ1) is 44.7. The monoisotopic (exact) mass is 807 g/mol. The minimum Gasteiger partial charge on any atom is -0.481 e. The van der Waals surface area contributed by atoms with Crippen molar-refractivity contribution in [1.29, 1.82) is 0 Å². The molecule has 6 aliphatic carbocycles. The van der Waals surface area contributed by atoms with E-state index in [0.29, 0.717) is 57.5 Å². The highest BCUT2D eigenvalue weighted by atomic mass is 17.2. The van der Waals surface area contributed by atoms with Gasteiger partial charge in [0.05, 0.1) is 63.0 Å². The van der Waals surface area contributed by atoms with E-state index in [1.165, 1.54) is 51.4 Å². The van der Waals surface area contributed by atoms with Crippen LogP contribution in [0.3, 0.4) is 0 Å². The Labute approximate surface area is 340 Å². The van der Waals surface area contributed by atoms with E-state index < -0.39 is 17.8 Å². The van der Waals surface area contributed by atoms with Crippen LogP contribution in [0.1, 0.15) is 154 Å². The summed E-state index contributed by atoms with van der Waals surface area (Å²) in [4.78, 5) is 60.3. The van der Waals surface area contributed by atoms with Crippen LogP contribution in [0.4, 0.5) is 0 Å². The van der Waals surface area contributed by atoms with Crippen LogP contribution in [0.2, 0.25) is 0 Å². The van der Waals surface area contributed by atoms with E-state index in [9.17, 15) is 24.7 Å². The van der Waals surface area contributed by atoms with Gasteiger partial charge in [-0.1, -0.05) is 38.5 Å². The third-order valence-electron chi connectivity index (χ3n) is 14.6. The highest BCUT2D eigenvalue weighted by molar-refractivity contribution is 5.85. The number of carboxylic acids is 1. The lowest BCUT2D eigenvalue weighted by atomic mass is 9.73. The highest BCUT2D eigenvalue weighted by Gasteiger charge is 2.41. The average molecular weight is 807 g/mol. The Morgan fingerprint density at radius 2 is 1.16 bits per heavy atom. The summed E-state index contributed by atoms with van der Waals surface area (Å²) < 4.78 is 12.3. The molecule has 0 spiro atoms. The van der Waals surface area contributed by atoms with E-state index in [2.05, 4.69) is 15.7 Å². The lowest BCUT2D eigenvalue weighted by Crippen LogP contribution is -2.47. The molecule has 13 heteroatoms. The topological polar surface area (TPSA) is 171 Å². The number of hydroxylamine groups is 1. The largest absolute Gasteiger partial charge is 0.481 e. The average Bonchev–Trinajstić information content (AvgIpc) is 3.24. The summed E-state index contributed by atoms with van der Waals surface area (Å²) in [7, 11) is 0. The van der Waals surface area contributed by atoms with Crippen molar-refractivity contribution in [2.45, 2.75) is 178 Å². The molecular formula is C44H74N2O11. The molecule has 1 amide bonds. The molecule has 6 fully saturated rings. The molecule has 13 nitrogen and oxygen atoms in total. The highest BCUT2D eigenvalue weighted by Crippen LogP contribution is 2.37. The fraction of sp³-hybridized carbons (Fsp3) is 0.932. The Hall–Kier alpha value is -1.87. The molecule has 0 aromatic carbocycles. The second-order valence-corrected chi connectivity index (χ2v) is 18.8. The van der Waals surface area contributed by atoms with Crippen molar-refractivity contribution in [2.24, 2.45) is 47.3 Å². The Bertz CT molecular complexity index is 1200. The molecule has 6 aliphatic rings. The third kappa shape index (κ3) is 14.4. The number of carbonyl (C=O) groups is 3. The summed E-state index contributed by atoms with van der Waals surface area (Å²) in [5.74, 6) is -1.07. The minimum atomic E-state index is -0.889. The molecular weight excluding hydrogens is 732 g/mol. The maximum atomic E-state index is 13.5. The van der Waals surface area contributed by atoms with Crippen molar-refractivity contribution in [1.82, 2.24) is 10.8 Å². The van der Waals surface area contributed by atoms with E-state index in [4.69, 9.17) is 24.1 Å². The number of hydrogen-bond donors (Lipinski definition) is 4. The van der Waals surface area contributed by atoms with Crippen molar-refractivity contribution in [3.05, 3.63) is 0 Å². The van der Waals surface area contributed by atoms with Crippen molar-refractivity contribution in [3.8, 4) is 0 Å². The van der Waals surface area contributed by atoms with Crippen LogP contribution in [0.5, 0.6) is 0 Å². The number of esters is 1. The van der Waals surface area contributed by atoms with Gasteiger partial charge in [-0.05, 0) is 145 Å². The van der Waals surface area contributed by atoms with Gasteiger partial charge in [-0.2, -0.15) is 5.48 Å². The molecule has 0 aromatic heterocycles. The Kier molecular flexibility index (Phi) is 18.7. The summed E-state index contributed by atoms with van der Waals surface area (Å²) in [5, 5.41) is 22.3. The summed E-state index contributed by atoms with van der Waals surface area (Å²) in [5.41, 5.74) is 3.29. The van der Waals surface area contributed by atoms with Crippen LogP contribution in [0.15, 0.2) is 0 Å². The van der Waals surface area contributed by atoms with Gasteiger partial charge in [0.15, 0.2) is 0 Å². The quantitative estimate of drug-likeness (QED) is 0.0438. The van der Waals surface area contributed by atoms with Crippen LogP contribution < -0.4 is 10.8 Å². The number of hydrogen-bond acceptors (Lipinski definition) is 11. The number of ether oxygens (including phenoxy) is 2. The van der Waals surface area contributed by atoms with Gasteiger partial charge in [-0.25, -0.2) is 14.7 Å².